The lowest BCUT2D eigenvalue weighted by molar-refractivity contribution is -0.147. The smallest absolute Gasteiger partial charge is 0.491 e. The van der Waals surface area contributed by atoms with E-state index in [9.17, 15) is 14.5 Å². The lowest BCUT2D eigenvalue weighted by Crippen LogP contribution is -2.25. The fourth-order valence-electron chi connectivity index (χ4n) is 3.24. The Morgan fingerprint density at radius 3 is 2.43 bits per heavy atom. The van der Waals surface area contributed by atoms with E-state index < -0.39 is 25.8 Å². The van der Waals surface area contributed by atoms with Crippen LogP contribution >= 0.6 is 31.5 Å². The molecule has 2 N–H and O–H groups in total. The third-order valence-electron chi connectivity index (χ3n) is 5.09. The number of hydrogen-bond acceptors (Lipinski definition) is 9. The predicted octanol–water partition coefficient (Wildman–Crippen LogP) is 5.09. The number of carbonyl (C=O) groups excluding carboxylic acids is 2. The molecule has 2 aromatic rings. The third-order valence-corrected chi connectivity index (χ3v) is 7.74. The zero-order valence-electron chi connectivity index (χ0n) is 19.5. The highest BCUT2D eigenvalue weighted by Gasteiger charge is 2.45. The van der Waals surface area contributed by atoms with Crippen molar-refractivity contribution in [3.05, 3.63) is 64.7 Å². The highest BCUT2D eigenvalue weighted by Crippen LogP contribution is 2.58. The van der Waals surface area contributed by atoms with Gasteiger partial charge in [-0.3, -0.25) is 14.9 Å². The van der Waals surface area contributed by atoms with Crippen LogP contribution in [0.4, 0.5) is 4.79 Å². The molecule has 0 bridgehead atoms. The first-order valence-electron chi connectivity index (χ1n) is 10.8. The number of amides is 2. The first kappa shape index (κ1) is 27.8. The molecule has 35 heavy (non-hydrogen) atoms. The van der Waals surface area contributed by atoms with Crippen molar-refractivity contribution in [3.63, 3.8) is 0 Å². The van der Waals surface area contributed by atoms with Crippen LogP contribution in [0, 0.1) is 0 Å². The zero-order valence-corrected chi connectivity index (χ0v) is 22.0. The Morgan fingerprint density at radius 2 is 1.86 bits per heavy atom. The maximum atomic E-state index is 11.8. The highest BCUT2D eigenvalue weighted by atomic mass is 35.5. The van der Waals surface area contributed by atoms with Crippen LogP contribution in [-0.4, -0.2) is 48.4 Å². The van der Waals surface area contributed by atoms with Crippen molar-refractivity contribution in [2.45, 2.75) is 37.4 Å². The molecule has 3 unspecified atom stereocenters. The fraction of sp³-hybridized carbons (Fsp3) is 0.391. The van der Waals surface area contributed by atoms with Gasteiger partial charge in [-0.25, -0.2) is 0 Å². The van der Waals surface area contributed by atoms with Gasteiger partial charge in [0.05, 0.1) is 19.5 Å². The van der Waals surface area contributed by atoms with Crippen LogP contribution in [0.5, 0.6) is 5.75 Å². The summed E-state index contributed by atoms with van der Waals surface area (Å²) < 4.78 is 27.6. The van der Waals surface area contributed by atoms with Gasteiger partial charge in [-0.15, -0.1) is 4.52 Å². The largest absolute Gasteiger partial charge is 0.574 e. The first-order valence-corrected chi connectivity index (χ1v) is 13.6. The Kier molecular flexibility index (Phi) is 10.3. The predicted molar refractivity (Wildman–Crippen MR) is 134 cm³/mol. The molecule has 1 aliphatic heterocycles. The van der Waals surface area contributed by atoms with E-state index in [-0.39, 0.29) is 17.8 Å². The van der Waals surface area contributed by atoms with Gasteiger partial charge in [0, 0.05) is 11.4 Å². The summed E-state index contributed by atoms with van der Waals surface area (Å²) >= 11 is 7.18. The number of hydrogen-bond donors (Lipinski definition) is 2. The second-order valence-corrected chi connectivity index (χ2v) is 11.0. The van der Waals surface area contributed by atoms with Gasteiger partial charge in [-0.05, 0) is 41.8 Å². The van der Waals surface area contributed by atoms with Crippen molar-refractivity contribution >= 4 is 42.7 Å². The SMILES string of the molecule is CCC(OC(COc1ccc(CC2SC(=O)NC2=O)cc1)c1cccc(Cl)c1)O[P+](O)(OC)OC. The number of benzene rings is 2. The molecule has 190 valence electrons. The topological polar surface area (TPSA) is 113 Å². The molecule has 0 saturated carbocycles. The quantitative estimate of drug-likeness (QED) is 0.263. The van der Waals surface area contributed by atoms with Crippen molar-refractivity contribution in [1.82, 2.24) is 5.32 Å². The Bertz CT molecular complexity index is 1010. The molecular weight excluding hydrogens is 517 g/mol. The van der Waals surface area contributed by atoms with E-state index in [4.69, 9.17) is 34.6 Å². The van der Waals surface area contributed by atoms with Crippen molar-refractivity contribution in [2.24, 2.45) is 0 Å². The van der Waals surface area contributed by atoms with Crippen LogP contribution in [0.25, 0.3) is 0 Å². The van der Waals surface area contributed by atoms with Crippen LogP contribution in [0.15, 0.2) is 48.5 Å². The fourth-order valence-corrected chi connectivity index (χ4v) is 5.12. The number of imide groups is 1. The average molecular weight is 545 g/mol. The molecule has 3 rings (SSSR count). The molecule has 1 aliphatic rings. The van der Waals surface area contributed by atoms with Crippen molar-refractivity contribution in [1.29, 1.82) is 0 Å². The van der Waals surface area contributed by atoms with Crippen LogP contribution in [0.3, 0.4) is 0 Å². The van der Waals surface area contributed by atoms with E-state index in [2.05, 4.69) is 5.32 Å². The van der Waals surface area contributed by atoms with Gasteiger partial charge >= 0.3 is 8.17 Å². The van der Waals surface area contributed by atoms with E-state index in [0.29, 0.717) is 23.6 Å². The number of thioether (sulfide) groups is 1. The van der Waals surface area contributed by atoms with E-state index in [1.54, 1.807) is 30.3 Å². The average Bonchev–Trinajstić information content (AvgIpc) is 3.17. The molecule has 9 nitrogen and oxygen atoms in total. The Morgan fingerprint density at radius 1 is 1.14 bits per heavy atom. The summed E-state index contributed by atoms with van der Waals surface area (Å²) in [6.45, 7) is 1.97. The number of ether oxygens (including phenoxy) is 2. The molecule has 12 heteroatoms. The second kappa shape index (κ2) is 13.0. The minimum Gasteiger partial charge on any atom is -0.491 e. The third kappa shape index (κ3) is 8.13. The van der Waals surface area contributed by atoms with Gasteiger partial charge < -0.3 is 9.47 Å². The number of rotatable bonds is 13. The van der Waals surface area contributed by atoms with Crippen LogP contribution in [0.1, 0.15) is 30.6 Å². The molecule has 1 saturated heterocycles. The van der Waals surface area contributed by atoms with Gasteiger partial charge in [0.2, 0.25) is 12.2 Å². The van der Waals surface area contributed by atoms with E-state index in [1.165, 1.54) is 14.2 Å². The molecular formula is C23H28ClNO8PS+. The maximum Gasteiger partial charge on any atom is 0.574 e. The van der Waals surface area contributed by atoms with Gasteiger partial charge in [0.25, 0.3) is 5.24 Å². The Hall–Kier alpha value is -1.75. The van der Waals surface area contributed by atoms with E-state index in [1.807, 2.05) is 25.1 Å². The minimum atomic E-state index is -3.51. The van der Waals surface area contributed by atoms with Gasteiger partial charge in [0.15, 0.2) is 0 Å². The number of nitrogens with one attached hydrogen (secondary N) is 1. The molecule has 0 aliphatic carbocycles. The highest BCUT2D eigenvalue weighted by molar-refractivity contribution is 8.15. The normalized spacial score (nSPS) is 17.8. The summed E-state index contributed by atoms with van der Waals surface area (Å²) in [5.74, 6) is 0.321. The molecule has 2 aromatic carbocycles. The summed E-state index contributed by atoms with van der Waals surface area (Å²) in [7, 11) is -0.923. The first-order chi connectivity index (χ1) is 16.7. The van der Waals surface area contributed by atoms with Gasteiger partial charge in [-0.1, -0.05) is 54.6 Å². The van der Waals surface area contributed by atoms with Crippen LogP contribution in [-0.2, 0) is 29.5 Å². The van der Waals surface area contributed by atoms with Crippen molar-refractivity contribution in [3.8, 4) is 5.75 Å². The standard InChI is InChI=1S/C23H27ClNO8PS/c1-4-21(33-34(28,29-2)30-3)32-19(16-6-5-7-17(24)13-16)14-31-18-10-8-15(9-11-18)12-20-22(26)25-23(27)35-20/h5-11,13,19-21,28H,4,12,14H2,1-3H3/p+1. The van der Waals surface area contributed by atoms with Crippen molar-refractivity contribution in [2.75, 3.05) is 20.8 Å². The molecule has 0 spiro atoms. The summed E-state index contributed by atoms with van der Waals surface area (Å²) in [5.41, 5.74) is 1.67. The summed E-state index contributed by atoms with van der Waals surface area (Å²) in [6.07, 6.45) is -0.557. The lowest BCUT2D eigenvalue weighted by atomic mass is 10.1. The molecule has 3 atom stereocenters. The van der Waals surface area contributed by atoms with Gasteiger partial charge in [0.1, 0.15) is 18.5 Å². The van der Waals surface area contributed by atoms with Gasteiger partial charge in [-0.2, -0.15) is 13.9 Å². The second-order valence-electron chi connectivity index (χ2n) is 7.50. The number of carbonyl (C=O) groups is 2. The molecule has 2 amide bonds. The summed E-state index contributed by atoms with van der Waals surface area (Å²) in [5, 5.41) is 2.08. The Labute approximate surface area is 214 Å². The van der Waals surface area contributed by atoms with E-state index in [0.717, 1.165) is 22.9 Å². The Balaban J connectivity index is 1.67. The van der Waals surface area contributed by atoms with Crippen LogP contribution < -0.4 is 10.1 Å². The molecule has 1 heterocycles. The van der Waals surface area contributed by atoms with Crippen LogP contribution in [0.2, 0.25) is 5.02 Å². The summed E-state index contributed by atoms with van der Waals surface area (Å²) in [4.78, 5) is 33.4. The lowest BCUT2D eigenvalue weighted by Gasteiger charge is -2.25. The zero-order chi connectivity index (χ0) is 25.4. The molecule has 0 aromatic heterocycles. The minimum absolute atomic E-state index is 0.131. The maximum absolute atomic E-state index is 11.8. The number of halogens is 1. The monoisotopic (exact) mass is 544 g/mol. The molecule has 0 radical (unpaired) electrons. The van der Waals surface area contributed by atoms with Crippen molar-refractivity contribution < 1.29 is 37.5 Å². The van der Waals surface area contributed by atoms with E-state index >= 15 is 0 Å². The molecule has 1 fully saturated rings. The summed E-state index contributed by atoms with van der Waals surface area (Å²) in [6, 6.07) is 14.5.